The molecule has 0 aliphatic rings. The van der Waals surface area contributed by atoms with Gasteiger partial charge in [0.15, 0.2) is 5.75 Å². The third-order valence-electron chi connectivity index (χ3n) is 3.72. The average Bonchev–Trinajstić information content (AvgIpc) is 2.95. The molecule has 26 heavy (non-hydrogen) atoms. The van der Waals surface area contributed by atoms with Crippen molar-refractivity contribution in [2.24, 2.45) is 0 Å². The number of methoxy groups -OCH3 is 1. The van der Waals surface area contributed by atoms with E-state index in [1.165, 1.54) is 17.5 Å². The average molecular weight is 466 g/mol. The van der Waals surface area contributed by atoms with E-state index in [1.807, 2.05) is 32.0 Å². The molecule has 9 heteroatoms. The number of benzene rings is 1. The number of likely N-dealkylation sites (N-methyl/N-ethyl adjacent to an activating group) is 1. The molecule has 0 aliphatic heterocycles. The Morgan fingerprint density at radius 3 is 2.46 bits per heavy atom. The van der Waals surface area contributed by atoms with E-state index in [4.69, 9.17) is 20.8 Å². The zero-order valence-electron chi connectivity index (χ0n) is 15.1. The predicted octanol–water partition coefficient (Wildman–Crippen LogP) is 3.77. The molecule has 0 spiro atoms. The van der Waals surface area contributed by atoms with Crippen LogP contribution in [0.3, 0.4) is 0 Å². The molecule has 0 bridgehead atoms. The number of ether oxygens (including phenoxy) is 1. The second-order valence-electron chi connectivity index (χ2n) is 6.07. The van der Waals surface area contributed by atoms with E-state index in [2.05, 4.69) is 15.9 Å². The first kappa shape index (κ1) is 21.2. The number of rotatable bonds is 8. The topological polar surface area (TPSA) is 63.0 Å². The highest BCUT2D eigenvalue weighted by molar-refractivity contribution is 9.10. The Morgan fingerprint density at radius 1 is 1.23 bits per heavy atom. The van der Waals surface area contributed by atoms with E-state index >= 15 is 0 Å². The van der Waals surface area contributed by atoms with Crippen molar-refractivity contribution >= 4 is 37.6 Å². The van der Waals surface area contributed by atoms with Gasteiger partial charge in [-0.15, -0.1) is 0 Å². The first-order valence-electron chi connectivity index (χ1n) is 7.88. The lowest BCUT2D eigenvalue weighted by atomic mass is 10.3. The normalized spacial score (nSPS) is 12.2. The Kier molecular flexibility index (Phi) is 7.15. The lowest BCUT2D eigenvalue weighted by Gasteiger charge is -2.24. The summed E-state index contributed by atoms with van der Waals surface area (Å²) in [6.07, 6.45) is 0. The summed E-state index contributed by atoms with van der Waals surface area (Å²) in [7, 11) is 1.33. The van der Waals surface area contributed by atoms with Gasteiger partial charge in [0.1, 0.15) is 16.4 Å². The van der Waals surface area contributed by atoms with Crippen molar-refractivity contribution in [3.8, 4) is 5.75 Å². The number of nitrogens with zero attached hydrogens (tertiary/aromatic N) is 2. The first-order valence-corrected chi connectivity index (χ1v) is 10.5. The second-order valence-corrected chi connectivity index (χ2v) is 9.27. The molecule has 2 aromatic rings. The van der Waals surface area contributed by atoms with E-state index in [0.717, 1.165) is 5.76 Å². The molecular formula is C17H22BrClN2O4S. The summed E-state index contributed by atoms with van der Waals surface area (Å²) < 4.78 is 39.4. The Balaban J connectivity index is 2.47. The summed E-state index contributed by atoms with van der Waals surface area (Å²) in [6, 6.07) is 6.58. The number of sulfonamides is 1. The number of furan rings is 1. The first-order chi connectivity index (χ1) is 12.1. The highest BCUT2D eigenvalue weighted by Crippen LogP contribution is 2.37. The van der Waals surface area contributed by atoms with Crippen molar-refractivity contribution in [1.29, 1.82) is 0 Å². The highest BCUT2D eigenvalue weighted by atomic mass is 79.9. The fourth-order valence-corrected chi connectivity index (χ4v) is 5.17. The molecular weight excluding hydrogens is 444 g/mol. The monoisotopic (exact) mass is 464 g/mol. The van der Waals surface area contributed by atoms with Gasteiger partial charge < -0.3 is 14.1 Å². The minimum atomic E-state index is -3.87. The quantitative estimate of drug-likeness (QED) is 0.594. The molecule has 0 saturated carbocycles. The van der Waals surface area contributed by atoms with Crippen LogP contribution in [0.15, 0.2) is 38.1 Å². The van der Waals surface area contributed by atoms with Crippen LogP contribution in [0.4, 0.5) is 0 Å². The third-order valence-corrected chi connectivity index (χ3v) is 6.38. The number of hydrogen-bond acceptors (Lipinski definition) is 5. The summed E-state index contributed by atoms with van der Waals surface area (Å²) in [6.45, 7) is 2.79. The number of hydrogen-bond donors (Lipinski definition) is 0. The van der Waals surface area contributed by atoms with E-state index in [9.17, 15) is 8.42 Å². The maximum absolute atomic E-state index is 13.3. The van der Waals surface area contributed by atoms with E-state index in [1.54, 1.807) is 12.1 Å². The smallest absolute Gasteiger partial charge is 0.247 e. The molecule has 2 rings (SSSR count). The Bertz CT molecular complexity index is 868. The van der Waals surface area contributed by atoms with Crippen LogP contribution in [-0.2, 0) is 16.6 Å². The Hall–Kier alpha value is -1.06. The molecule has 0 fully saturated rings. The van der Waals surface area contributed by atoms with Gasteiger partial charge in [-0.2, -0.15) is 4.31 Å². The van der Waals surface area contributed by atoms with Gasteiger partial charge in [0.2, 0.25) is 10.0 Å². The van der Waals surface area contributed by atoms with Gasteiger partial charge in [-0.3, -0.25) is 0 Å². The van der Waals surface area contributed by atoms with Crippen LogP contribution in [0.1, 0.15) is 11.5 Å². The van der Waals surface area contributed by atoms with Gasteiger partial charge in [-0.05, 0) is 61.2 Å². The minimum absolute atomic E-state index is 0.0152. The molecule has 1 aromatic carbocycles. The molecule has 0 atom stereocenters. The molecule has 6 nitrogen and oxygen atoms in total. The molecule has 144 valence electrons. The Labute approximate surface area is 167 Å². The fraction of sp³-hybridized carbons (Fsp3) is 0.412. The van der Waals surface area contributed by atoms with Gasteiger partial charge in [0.25, 0.3) is 0 Å². The van der Waals surface area contributed by atoms with E-state index < -0.39 is 10.0 Å². The molecule has 1 heterocycles. The maximum atomic E-state index is 13.3. The number of aryl methyl sites for hydroxylation is 1. The largest absolute Gasteiger partial charge is 0.494 e. The van der Waals surface area contributed by atoms with Crippen LogP contribution >= 0.6 is 27.5 Å². The molecule has 0 radical (unpaired) electrons. The lowest BCUT2D eigenvalue weighted by Crippen LogP contribution is -2.36. The molecule has 0 amide bonds. The standard InChI is InChI=1S/C17H22BrClN2O4S/c1-12-5-6-14(25-12)11-21(8-7-20(2)3)26(22,23)16-10-13(19)9-15(18)17(16)24-4/h5-6,9-10H,7-8,11H2,1-4H3. The van der Waals surface area contributed by atoms with Crippen LogP contribution in [0.2, 0.25) is 5.02 Å². The van der Waals surface area contributed by atoms with Crippen LogP contribution in [0.5, 0.6) is 5.75 Å². The summed E-state index contributed by atoms with van der Waals surface area (Å²) in [5.74, 6) is 1.53. The minimum Gasteiger partial charge on any atom is -0.494 e. The van der Waals surface area contributed by atoms with E-state index in [-0.39, 0.29) is 17.2 Å². The zero-order chi connectivity index (χ0) is 19.5. The summed E-state index contributed by atoms with van der Waals surface area (Å²) in [5, 5.41) is 0.303. The maximum Gasteiger partial charge on any atom is 0.247 e. The van der Waals surface area contributed by atoms with Crippen LogP contribution in [0.25, 0.3) is 0 Å². The van der Waals surface area contributed by atoms with Crippen molar-refractivity contribution in [3.63, 3.8) is 0 Å². The number of halogens is 2. The molecule has 0 saturated heterocycles. The molecule has 0 N–H and O–H groups in total. The van der Waals surface area contributed by atoms with Crippen LogP contribution in [-0.4, -0.2) is 51.9 Å². The summed E-state index contributed by atoms with van der Waals surface area (Å²) in [5.41, 5.74) is 0. The molecule has 0 unspecified atom stereocenters. The Morgan fingerprint density at radius 2 is 1.92 bits per heavy atom. The third kappa shape index (κ3) is 5.01. The summed E-state index contributed by atoms with van der Waals surface area (Å²) >= 11 is 9.40. The van der Waals surface area contributed by atoms with Crippen LogP contribution in [0, 0.1) is 6.92 Å². The second kappa shape index (κ2) is 8.75. The fourth-order valence-electron chi connectivity index (χ4n) is 2.41. The zero-order valence-corrected chi connectivity index (χ0v) is 18.3. The SMILES string of the molecule is COc1c(Br)cc(Cl)cc1S(=O)(=O)N(CCN(C)C)Cc1ccc(C)o1. The van der Waals surface area contributed by atoms with E-state index in [0.29, 0.717) is 28.3 Å². The summed E-state index contributed by atoms with van der Waals surface area (Å²) in [4.78, 5) is 1.93. The van der Waals surface area contributed by atoms with Crippen molar-refractivity contribution in [2.75, 3.05) is 34.3 Å². The van der Waals surface area contributed by atoms with Gasteiger partial charge >= 0.3 is 0 Å². The van der Waals surface area contributed by atoms with Gasteiger partial charge in [-0.1, -0.05) is 11.6 Å². The van der Waals surface area contributed by atoms with Gasteiger partial charge in [-0.25, -0.2) is 8.42 Å². The van der Waals surface area contributed by atoms with Gasteiger partial charge in [0.05, 0.1) is 18.1 Å². The van der Waals surface area contributed by atoms with Gasteiger partial charge in [0, 0.05) is 18.1 Å². The molecule has 0 aliphatic carbocycles. The lowest BCUT2D eigenvalue weighted by molar-refractivity contribution is 0.308. The van der Waals surface area contributed by atoms with Crippen molar-refractivity contribution in [2.45, 2.75) is 18.4 Å². The highest BCUT2D eigenvalue weighted by Gasteiger charge is 2.30. The van der Waals surface area contributed by atoms with Crippen molar-refractivity contribution < 1.29 is 17.6 Å². The molecule has 1 aromatic heterocycles. The van der Waals surface area contributed by atoms with Crippen molar-refractivity contribution in [1.82, 2.24) is 9.21 Å². The predicted molar refractivity (Wildman–Crippen MR) is 105 cm³/mol. The van der Waals surface area contributed by atoms with Crippen LogP contribution < -0.4 is 4.74 Å². The van der Waals surface area contributed by atoms with Crippen molar-refractivity contribution in [3.05, 3.63) is 45.3 Å².